The van der Waals surface area contributed by atoms with Gasteiger partial charge in [0.2, 0.25) is 0 Å². The summed E-state index contributed by atoms with van der Waals surface area (Å²) >= 11 is 0. The molecule has 1 rings (SSSR count). The molecular formula is C12H17N3O. The van der Waals surface area contributed by atoms with Crippen LogP contribution in [-0.4, -0.2) is 17.1 Å². The van der Waals surface area contributed by atoms with Crippen LogP contribution < -0.4 is 5.43 Å². The standard InChI is InChI=1S/C12H17N3O/c1-3-10(4-2)9-14-15-12(16)11-7-5-6-8-13-11/h5-10H,3-4H2,1-2H3,(H,15,16)/b14-9-. The third-order valence-corrected chi connectivity index (χ3v) is 2.40. The summed E-state index contributed by atoms with van der Waals surface area (Å²) in [6, 6.07) is 5.19. The molecule has 0 aliphatic heterocycles. The third-order valence-electron chi connectivity index (χ3n) is 2.40. The fourth-order valence-corrected chi connectivity index (χ4v) is 1.26. The highest BCUT2D eigenvalue weighted by atomic mass is 16.2. The summed E-state index contributed by atoms with van der Waals surface area (Å²) in [5, 5.41) is 3.93. The van der Waals surface area contributed by atoms with Crippen LogP contribution in [0.25, 0.3) is 0 Å². The number of nitrogens with zero attached hydrogens (tertiary/aromatic N) is 2. The van der Waals surface area contributed by atoms with Crippen molar-refractivity contribution in [3.8, 4) is 0 Å². The van der Waals surface area contributed by atoms with Crippen molar-refractivity contribution in [3.63, 3.8) is 0 Å². The lowest BCUT2D eigenvalue weighted by molar-refractivity contribution is 0.0950. The molecule has 0 atom stereocenters. The average molecular weight is 219 g/mol. The van der Waals surface area contributed by atoms with E-state index in [1.165, 1.54) is 0 Å². The Kier molecular flexibility index (Phi) is 5.19. The third kappa shape index (κ3) is 3.81. The van der Waals surface area contributed by atoms with Crippen LogP contribution in [0.4, 0.5) is 0 Å². The molecule has 0 saturated carbocycles. The van der Waals surface area contributed by atoms with E-state index in [0.717, 1.165) is 12.8 Å². The number of nitrogens with one attached hydrogen (secondary N) is 1. The number of rotatable bonds is 5. The number of hydrogen-bond donors (Lipinski definition) is 1. The Balaban J connectivity index is 2.47. The van der Waals surface area contributed by atoms with Gasteiger partial charge < -0.3 is 0 Å². The van der Waals surface area contributed by atoms with Crippen molar-refractivity contribution in [2.45, 2.75) is 26.7 Å². The molecule has 0 aliphatic rings. The zero-order valence-electron chi connectivity index (χ0n) is 9.68. The maximum Gasteiger partial charge on any atom is 0.289 e. The minimum atomic E-state index is -0.275. The zero-order valence-corrected chi connectivity index (χ0v) is 9.68. The summed E-state index contributed by atoms with van der Waals surface area (Å²) in [5.74, 6) is 0.145. The predicted molar refractivity (Wildman–Crippen MR) is 64.3 cm³/mol. The number of carbonyl (C=O) groups is 1. The molecule has 0 fully saturated rings. The first-order valence-electron chi connectivity index (χ1n) is 5.52. The van der Waals surface area contributed by atoms with Gasteiger partial charge in [0.1, 0.15) is 5.69 Å². The molecule has 16 heavy (non-hydrogen) atoms. The van der Waals surface area contributed by atoms with Crippen LogP contribution in [0.15, 0.2) is 29.5 Å². The number of hydrazone groups is 1. The van der Waals surface area contributed by atoms with E-state index in [1.54, 1.807) is 30.6 Å². The van der Waals surface area contributed by atoms with Crippen molar-refractivity contribution < 1.29 is 4.79 Å². The van der Waals surface area contributed by atoms with Crippen LogP contribution in [0.5, 0.6) is 0 Å². The van der Waals surface area contributed by atoms with Crippen LogP contribution in [0.3, 0.4) is 0 Å². The van der Waals surface area contributed by atoms with E-state index in [9.17, 15) is 4.79 Å². The van der Waals surface area contributed by atoms with Crippen LogP contribution >= 0.6 is 0 Å². The summed E-state index contributed by atoms with van der Waals surface area (Å²) in [6.07, 6.45) is 5.42. The lowest BCUT2D eigenvalue weighted by Crippen LogP contribution is -2.19. The second-order valence-electron chi connectivity index (χ2n) is 3.51. The van der Waals surface area contributed by atoms with Gasteiger partial charge in [-0.1, -0.05) is 19.9 Å². The topological polar surface area (TPSA) is 54.4 Å². The Morgan fingerprint density at radius 3 is 2.81 bits per heavy atom. The molecule has 1 heterocycles. The summed E-state index contributed by atoms with van der Waals surface area (Å²) < 4.78 is 0. The fraction of sp³-hybridized carbons (Fsp3) is 0.417. The van der Waals surface area contributed by atoms with E-state index >= 15 is 0 Å². The van der Waals surface area contributed by atoms with Gasteiger partial charge in [-0.2, -0.15) is 5.10 Å². The molecule has 0 bridgehead atoms. The predicted octanol–water partition coefficient (Wildman–Crippen LogP) is 2.23. The molecular weight excluding hydrogens is 202 g/mol. The first kappa shape index (κ1) is 12.4. The van der Waals surface area contributed by atoms with Crippen molar-refractivity contribution in [2.75, 3.05) is 0 Å². The molecule has 0 unspecified atom stereocenters. The highest BCUT2D eigenvalue weighted by Crippen LogP contribution is 2.02. The van der Waals surface area contributed by atoms with Gasteiger partial charge in [-0.05, 0) is 30.9 Å². The maximum atomic E-state index is 11.5. The van der Waals surface area contributed by atoms with Gasteiger partial charge in [0.25, 0.3) is 5.91 Å². The molecule has 0 aliphatic carbocycles. The van der Waals surface area contributed by atoms with Crippen molar-refractivity contribution in [2.24, 2.45) is 11.0 Å². The van der Waals surface area contributed by atoms with Gasteiger partial charge in [0.05, 0.1) is 0 Å². The smallest absolute Gasteiger partial charge is 0.266 e. The van der Waals surface area contributed by atoms with E-state index in [1.807, 2.05) is 0 Å². The number of pyridine rings is 1. The van der Waals surface area contributed by atoms with Crippen LogP contribution in [0.1, 0.15) is 37.2 Å². The van der Waals surface area contributed by atoms with E-state index in [0.29, 0.717) is 11.6 Å². The van der Waals surface area contributed by atoms with E-state index < -0.39 is 0 Å². The van der Waals surface area contributed by atoms with Crippen LogP contribution in [0, 0.1) is 5.92 Å². The largest absolute Gasteiger partial charge is 0.289 e. The molecule has 86 valence electrons. The van der Waals surface area contributed by atoms with Gasteiger partial charge in [-0.3, -0.25) is 9.78 Å². The van der Waals surface area contributed by atoms with Crippen molar-refractivity contribution in [3.05, 3.63) is 30.1 Å². The van der Waals surface area contributed by atoms with E-state index in [4.69, 9.17) is 0 Å². The lowest BCUT2D eigenvalue weighted by atomic mass is 10.1. The normalized spacial score (nSPS) is 10.9. The summed E-state index contributed by atoms with van der Waals surface area (Å²) in [7, 11) is 0. The minimum Gasteiger partial charge on any atom is -0.266 e. The summed E-state index contributed by atoms with van der Waals surface area (Å²) in [5.41, 5.74) is 2.84. The van der Waals surface area contributed by atoms with Crippen molar-refractivity contribution >= 4 is 12.1 Å². The Labute approximate surface area is 95.8 Å². The number of aromatic nitrogens is 1. The SMILES string of the molecule is CCC(/C=N\NC(=O)c1ccccn1)CC. The molecule has 0 radical (unpaired) electrons. The zero-order chi connectivity index (χ0) is 11.8. The summed E-state index contributed by atoms with van der Waals surface area (Å²) in [6.45, 7) is 4.20. The highest BCUT2D eigenvalue weighted by Gasteiger charge is 2.04. The van der Waals surface area contributed by atoms with E-state index in [2.05, 4.69) is 29.4 Å². The van der Waals surface area contributed by atoms with Crippen LogP contribution in [0.2, 0.25) is 0 Å². The second kappa shape index (κ2) is 6.71. The quantitative estimate of drug-likeness (QED) is 0.610. The molecule has 1 amide bonds. The lowest BCUT2D eigenvalue weighted by Gasteiger charge is -2.04. The molecule has 1 aromatic heterocycles. The molecule has 4 heteroatoms. The Morgan fingerprint density at radius 1 is 1.50 bits per heavy atom. The van der Waals surface area contributed by atoms with Crippen molar-refractivity contribution in [1.82, 2.24) is 10.4 Å². The fourth-order valence-electron chi connectivity index (χ4n) is 1.26. The van der Waals surface area contributed by atoms with Gasteiger partial charge >= 0.3 is 0 Å². The highest BCUT2D eigenvalue weighted by molar-refractivity contribution is 5.92. The number of carbonyl (C=O) groups excluding carboxylic acids is 1. The molecule has 0 aromatic carbocycles. The van der Waals surface area contributed by atoms with Crippen LogP contribution in [-0.2, 0) is 0 Å². The van der Waals surface area contributed by atoms with Gasteiger partial charge in [-0.15, -0.1) is 0 Å². The van der Waals surface area contributed by atoms with Gasteiger partial charge in [0, 0.05) is 12.4 Å². The second-order valence-corrected chi connectivity index (χ2v) is 3.51. The Hall–Kier alpha value is -1.71. The molecule has 4 nitrogen and oxygen atoms in total. The first-order valence-corrected chi connectivity index (χ1v) is 5.52. The minimum absolute atomic E-state index is 0.275. The van der Waals surface area contributed by atoms with Crippen molar-refractivity contribution in [1.29, 1.82) is 0 Å². The number of hydrogen-bond acceptors (Lipinski definition) is 3. The van der Waals surface area contributed by atoms with Gasteiger partial charge in [0.15, 0.2) is 0 Å². The number of amides is 1. The Morgan fingerprint density at radius 2 is 2.25 bits per heavy atom. The summed E-state index contributed by atoms with van der Waals surface area (Å²) in [4.78, 5) is 15.4. The first-order chi connectivity index (χ1) is 7.77. The molecule has 0 saturated heterocycles. The molecule has 1 N–H and O–H groups in total. The molecule has 1 aromatic rings. The average Bonchev–Trinajstić information content (AvgIpc) is 2.35. The molecule has 0 spiro atoms. The Bertz CT molecular complexity index is 345. The maximum absolute atomic E-state index is 11.5. The van der Waals surface area contributed by atoms with Gasteiger partial charge in [-0.25, -0.2) is 5.43 Å². The van der Waals surface area contributed by atoms with E-state index in [-0.39, 0.29) is 5.91 Å². The monoisotopic (exact) mass is 219 g/mol.